The van der Waals surface area contributed by atoms with Gasteiger partial charge in [-0.05, 0) is 37.5 Å². The highest BCUT2D eigenvalue weighted by atomic mass is 16.5. The molecule has 5 nitrogen and oxygen atoms in total. The number of carbonyl (C=O) groups is 1. The summed E-state index contributed by atoms with van der Waals surface area (Å²) in [6.45, 7) is 3.90. The molecule has 26 heavy (non-hydrogen) atoms. The first kappa shape index (κ1) is 17.9. The number of hydrogen-bond acceptors (Lipinski definition) is 4. The largest absolute Gasteiger partial charge is 0.477 e. The third kappa shape index (κ3) is 4.20. The van der Waals surface area contributed by atoms with Crippen LogP contribution in [0.1, 0.15) is 31.7 Å². The Labute approximate surface area is 153 Å². The van der Waals surface area contributed by atoms with Crippen molar-refractivity contribution in [3.63, 3.8) is 0 Å². The van der Waals surface area contributed by atoms with Crippen molar-refractivity contribution < 1.29 is 9.53 Å². The number of nitrogens with zero attached hydrogens (tertiary/aromatic N) is 3. The number of hydrogen-bond donors (Lipinski definition) is 0. The maximum atomic E-state index is 12.5. The van der Waals surface area contributed by atoms with Crippen LogP contribution in [0.15, 0.2) is 36.4 Å². The van der Waals surface area contributed by atoms with Crippen molar-refractivity contribution in [3.8, 4) is 11.9 Å². The Balaban J connectivity index is 1.79. The van der Waals surface area contributed by atoms with Crippen molar-refractivity contribution in [1.82, 2.24) is 9.88 Å². The monoisotopic (exact) mass is 349 g/mol. The molecular weight excluding hydrogens is 326 g/mol. The zero-order chi connectivity index (χ0) is 18.4. The molecule has 0 atom stereocenters. The molecule has 0 saturated carbocycles. The van der Waals surface area contributed by atoms with Crippen LogP contribution in [0.2, 0.25) is 0 Å². The quantitative estimate of drug-likeness (QED) is 0.770. The van der Waals surface area contributed by atoms with Crippen molar-refractivity contribution in [2.75, 3.05) is 19.7 Å². The maximum absolute atomic E-state index is 12.5. The molecule has 0 aliphatic carbocycles. The first-order valence-corrected chi connectivity index (χ1v) is 9.10. The van der Waals surface area contributed by atoms with Gasteiger partial charge in [-0.2, -0.15) is 5.26 Å². The Morgan fingerprint density at radius 2 is 2.15 bits per heavy atom. The predicted octanol–water partition coefficient (Wildman–Crippen LogP) is 3.80. The van der Waals surface area contributed by atoms with E-state index in [1.807, 2.05) is 37.3 Å². The molecule has 1 aliphatic rings. The lowest BCUT2D eigenvalue weighted by atomic mass is 9.98. The molecule has 5 heteroatoms. The Morgan fingerprint density at radius 1 is 1.38 bits per heavy atom. The van der Waals surface area contributed by atoms with Crippen LogP contribution in [0.25, 0.3) is 17.0 Å². The highest BCUT2D eigenvalue weighted by molar-refractivity contribution is 5.93. The molecular formula is C21H23N3O2. The van der Waals surface area contributed by atoms with E-state index in [1.165, 1.54) is 0 Å². The summed E-state index contributed by atoms with van der Waals surface area (Å²) in [6.07, 6.45) is 5.75. The second-order valence-electron chi connectivity index (χ2n) is 6.49. The van der Waals surface area contributed by atoms with Crippen LogP contribution in [0.3, 0.4) is 0 Å². The van der Waals surface area contributed by atoms with E-state index in [4.69, 9.17) is 10.00 Å². The molecule has 3 rings (SSSR count). The van der Waals surface area contributed by atoms with Crippen molar-refractivity contribution in [1.29, 1.82) is 5.26 Å². The highest BCUT2D eigenvalue weighted by Gasteiger charge is 2.21. The zero-order valence-electron chi connectivity index (χ0n) is 15.0. The van der Waals surface area contributed by atoms with Gasteiger partial charge in [0.1, 0.15) is 0 Å². The first-order chi connectivity index (χ1) is 12.7. The van der Waals surface area contributed by atoms with Crippen LogP contribution in [-0.4, -0.2) is 35.5 Å². The van der Waals surface area contributed by atoms with Crippen molar-refractivity contribution in [3.05, 3.63) is 42.0 Å². The van der Waals surface area contributed by atoms with E-state index >= 15 is 0 Å². The number of piperidine rings is 1. The normalized spacial score (nSPS) is 15.3. The fourth-order valence-electron chi connectivity index (χ4n) is 3.04. The first-order valence-electron chi connectivity index (χ1n) is 9.10. The molecule has 2 aromatic rings. The lowest BCUT2D eigenvalue weighted by Crippen LogP contribution is -2.37. The minimum Gasteiger partial charge on any atom is -0.477 e. The summed E-state index contributed by atoms with van der Waals surface area (Å²) in [5, 5.41) is 9.98. The molecule has 1 aliphatic heterocycles. The average molecular weight is 349 g/mol. The van der Waals surface area contributed by atoms with Gasteiger partial charge in [0.05, 0.1) is 18.2 Å². The number of fused-ring (bicyclic) bond motifs is 1. The van der Waals surface area contributed by atoms with Gasteiger partial charge in [0.2, 0.25) is 11.8 Å². The summed E-state index contributed by atoms with van der Waals surface area (Å²) in [7, 11) is 0. The van der Waals surface area contributed by atoms with Gasteiger partial charge >= 0.3 is 0 Å². The topological polar surface area (TPSA) is 66.2 Å². The minimum atomic E-state index is -0.0315. The van der Waals surface area contributed by atoms with Crippen LogP contribution in [0.4, 0.5) is 0 Å². The SMILES string of the molecule is CCCOc1nc2ccccc2cc1/C=C/C(=O)N1CCC(C#N)CC1. The number of likely N-dealkylation sites (tertiary alicyclic amines) is 1. The molecule has 1 aromatic carbocycles. The van der Waals surface area contributed by atoms with Gasteiger partial charge in [0.25, 0.3) is 0 Å². The maximum Gasteiger partial charge on any atom is 0.246 e. The molecule has 134 valence electrons. The summed E-state index contributed by atoms with van der Waals surface area (Å²) >= 11 is 0. The zero-order valence-corrected chi connectivity index (χ0v) is 15.0. The lowest BCUT2D eigenvalue weighted by molar-refractivity contribution is -0.127. The molecule has 1 fully saturated rings. The van der Waals surface area contributed by atoms with Gasteiger partial charge < -0.3 is 9.64 Å². The summed E-state index contributed by atoms with van der Waals surface area (Å²) in [4.78, 5) is 18.8. The molecule has 0 unspecified atom stereocenters. The van der Waals surface area contributed by atoms with Gasteiger partial charge in [0, 0.05) is 36.0 Å². The molecule has 2 heterocycles. The third-order valence-electron chi connectivity index (χ3n) is 4.55. The molecule has 0 N–H and O–H groups in total. The van der Waals surface area contributed by atoms with Gasteiger partial charge in [-0.25, -0.2) is 4.98 Å². The predicted molar refractivity (Wildman–Crippen MR) is 101 cm³/mol. The smallest absolute Gasteiger partial charge is 0.246 e. The van der Waals surface area contributed by atoms with Crippen molar-refractivity contribution >= 4 is 22.9 Å². The second-order valence-corrected chi connectivity index (χ2v) is 6.49. The number of benzene rings is 1. The highest BCUT2D eigenvalue weighted by Crippen LogP contribution is 2.24. The molecule has 0 bridgehead atoms. The van der Waals surface area contributed by atoms with Gasteiger partial charge in [-0.15, -0.1) is 0 Å². The van der Waals surface area contributed by atoms with Crippen molar-refractivity contribution in [2.45, 2.75) is 26.2 Å². The number of para-hydroxylation sites is 1. The van der Waals surface area contributed by atoms with Crippen LogP contribution < -0.4 is 4.74 Å². The molecule has 0 radical (unpaired) electrons. The number of rotatable bonds is 5. The third-order valence-corrected chi connectivity index (χ3v) is 4.55. The molecule has 1 amide bonds. The number of carbonyl (C=O) groups excluding carboxylic acids is 1. The minimum absolute atomic E-state index is 0.0315. The summed E-state index contributed by atoms with van der Waals surface area (Å²) in [5.74, 6) is 0.593. The molecule has 1 saturated heterocycles. The van der Waals surface area contributed by atoms with Gasteiger partial charge in [-0.3, -0.25) is 4.79 Å². The Bertz CT molecular complexity index is 846. The average Bonchev–Trinajstić information content (AvgIpc) is 2.70. The van der Waals surface area contributed by atoms with E-state index < -0.39 is 0 Å². The van der Waals surface area contributed by atoms with Gasteiger partial charge in [0.15, 0.2) is 0 Å². The summed E-state index contributed by atoms with van der Waals surface area (Å²) in [6, 6.07) is 12.1. The van der Waals surface area contributed by atoms with E-state index in [1.54, 1.807) is 17.1 Å². The molecule has 0 spiro atoms. The van der Waals surface area contributed by atoms with E-state index in [9.17, 15) is 4.79 Å². The second kappa shape index (κ2) is 8.48. The number of pyridine rings is 1. The van der Waals surface area contributed by atoms with Gasteiger partial charge in [-0.1, -0.05) is 25.1 Å². The number of amides is 1. The fraction of sp³-hybridized carbons (Fsp3) is 0.381. The van der Waals surface area contributed by atoms with E-state index in [0.29, 0.717) is 25.6 Å². The van der Waals surface area contributed by atoms with Crippen LogP contribution >= 0.6 is 0 Å². The number of nitriles is 1. The Morgan fingerprint density at radius 3 is 2.88 bits per heavy atom. The van der Waals surface area contributed by atoms with Crippen LogP contribution in [-0.2, 0) is 4.79 Å². The Hall–Kier alpha value is -2.87. The Kier molecular flexibility index (Phi) is 5.85. The number of aromatic nitrogens is 1. The summed E-state index contributed by atoms with van der Waals surface area (Å²) in [5.41, 5.74) is 1.68. The van der Waals surface area contributed by atoms with E-state index in [2.05, 4.69) is 11.1 Å². The van der Waals surface area contributed by atoms with Crippen LogP contribution in [0, 0.1) is 17.2 Å². The van der Waals surface area contributed by atoms with E-state index in [0.717, 1.165) is 35.7 Å². The number of ether oxygens (including phenoxy) is 1. The lowest BCUT2D eigenvalue weighted by Gasteiger charge is -2.28. The van der Waals surface area contributed by atoms with Crippen LogP contribution in [0.5, 0.6) is 5.88 Å². The van der Waals surface area contributed by atoms with E-state index in [-0.39, 0.29) is 11.8 Å². The van der Waals surface area contributed by atoms with Crippen molar-refractivity contribution in [2.24, 2.45) is 5.92 Å². The summed E-state index contributed by atoms with van der Waals surface area (Å²) < 4.78 is 5.78. The fourth-order valence-corrected chi connectivity index (χ4v) is 3.04. The standard InChI is InChI=1S/C21H23N3O2/c1-2-13-26-21-18(14-17-5-3-4-6-19(17)23-21)7-8-20(25)24-11-9-16(15-22)10-12-24/h3-8,14,16H,2,9-13H2,1H3/b8-7+. The molecule has 1 aromatic heterocycles.